The molecule has 0 aliphatic carbocycles. The van der Waals surface area contributed by atoms with Crippen molar-refractivity contribution in [2.24, 2.45) is 0 Å². The van der Waals surface area contributed by atoms with Gasteiger partial charge in [0, 0.05) is 39.5 Å². The van der Waals surface area contributed by atoms with Gasteiger partial charge < -0.3 is 9.47 Å². The number of hydrogen-bond acceptors (Lipinski definition) is 3. The average molecular weight is 229 g/mol. The molecule has 1 fully saturated rings. The van der Waals surface area contributed by atoms with Crippen LogP contribution >= 0.6 is 0 Å². The molecule has 0 aromatic heterocycles. The second kappa shape index (κ2) is 5.48. The van der Waals surface area contributed by atoms with Gasteiger partial charge in [-0.2, -0.15) is 0 Å². The van der Waals surface area contributed by atoms with Gasteiger partial charge in [-0.25, -0.2) is 0 Å². The molecule has 3 nitrogen and oxygen atoms in total. The number of likely N-dealkylation sites (tertiary alicyclic amines) is 1. The van der Waals surface area contributed by atoms with Gasteiger partial charge >= 0.3 is 0 Å². The highest BCUT2D eigenvalue weighted by Gasteiger charge is 2.36. The minimum atomic E-state index is 0.0533. The Kier molecular flexibility index (Phi) is 4.77. The molecule has 1 aliphatic heterocycles. The zero-order valence-electron chi connectivity index (χ0n) is 11.5. The molecule has 1 saturated heterocycles. The summed E-state index contributed by atoms with van der Waals surface area (Å²) in [5.41, 5.74) is 0.332. The molecule has 1 aliphatic rings. The van der Waals surface area contributed by atoms with Crippen LogP contribution in [0.1, 0.15) is 40.0 Å². The van der Waals surface area contributed by atoms with Crippen molar-refractivity contribution in [3.05, 3.63) is 0 Å². The number of piperidine rings is 1. The van der Waals surface area contributed by atoms with Gasteiger partial charge in [0.05, 0.1) is 5.60 Å². The smallest absolute Gasteiger partial charge is 0.0725 e. The summed E-state index contributed by atoms with van der Waals surface area (Å²) in [4.78, 5) is 2.54. The van der Waals surface area contributed by atoms with Crippen LogP contribution < -0.4 is 0 Å². The van der Waals surface area contributed by atoms with Crippen LogP contribution in [-0.4, -0.2) is 50.0 Å². The number of nitrogens with zero attached hydrogens (tertiary/aromatic N) is 1. The molecule has 0 aromatic rings. The Morgan fingerprint density at radius 2 is 1.69 bits per heavy atom. The third kappa shape index (κ3) is 3.44. The van der Waals surface area contributed by atoms with Crippen molar-refractivity contribution in [2.45, 2.75) is 51.2 Å². The Morgan fingerprint density at radius 1 is 1.12 bits per heavy atom. The molecular weight excluding hydrogens is 202 g/mol. The van der Waals surface area contributed by atoms with Crippen LogP contribution in [0, 0.1) is 0 Å². The molecule has 1 rings (SSSR count). The minimum absolute atomic E-state index is 0.0533. The van der Waals surface area contributed by atoms with Crippen LogP contribution in [0.25, 0.3) is 0 Å². The fourth-order valence-electron chi connectivity index (χ4n) is 2.43. The average Bonchev–Trinajstić information content (AvgIpc) is 2.26. The van der Waals surface area contributed by atoms with E-state index >= 15 is 0 Å². The molecule has 0 radical (unpaired) electrons. The summed E-state index contributed by atoms with van der Waals surface area (Å²) in [6.45, 7) is 9.89. The van der Waals surface area contributed by atoms with Crippen LogP contribution in [0.4, 0.5) is 0 Å². The van der Waals surface area contributed by atoms with E-state index in [1.54, 1.807) is 7.11 Å². The second-order valence-corrected chi connectivity index (χ2v) is 5.79. The van der Waals surface area contributed by atoms with Crippen molar-refractivity contribution in [1.82, 2.24) is 4.90 Å². The van der Waals surface area contributed by atoms with E-state index in [2.05, 4.69) is 25.7 Å². The van der Waals surface area contributed by atoms with E-state index in [4.69, 9.17) is 9.47 Å². The Balaban J connectivity index is 2.50. The molecule has 0 aromatic carbocycles. The minimum Gasteiger partial charge on any atom is -0.385 e. The van der Waals surface area contributed by atoms with Crippen molar-refractivity contribution in [3.63, 3.8) is 0 Å². The maximum atomic E-state index is 5.74. The first-order valence-corrected chi connectivity index (χ1v) is 6.23. The van der Waals surface area contributed by atoms with Crippen LogP contribution in [0.15, 0.2) is 0 Å². The molecule has 96 valence electrons. The molecule has 0 spiro atoms. The number of rotatable bonds is 4. The maximum Gasteiger partial charge on any atom is 0.0725 e. The van der Waals surface area contributed by atoms with Gasteiger partial charge in [0.15, 0.2) is 0 Å². The van der Waals surface area contributed by atoms with Crippen molar-refractivity contribution in [2.75, 3.05) is 33.9 Å². The molecule has 0 atom stereocenters. The first-order valence-electron chi connectivity index (χ1n) is 6.23. The van der Waals surface area contributed by atoms with E-state index in [1.165, 1.54) is 0 Å². The van der Waals surface area contributed by atoms with Gasteiger partial charge in [-0.1, -0.05) is 0 Å². The van der Waals surface area contributed by atoms with E-state index in [9.17, 15) is 0 Å². The lowest BCUT2D eigenvalue weighted by Gasteiger charge is -2.46. The van der Waals surface area contributed by atoms with Crippen LogP contribution in [0.5, 0.6) is 0 Å². The fourth-order valence-corrected chi connectivity index (χ4v) is 2.43. The molecule has 3 heteroatoms. The third-order valence-electron chi connectivity index (χ3n) is 3.82. The van der Waals surface area contributed by atoms with Crippen molar-refractivity contribution in [1.29, 1.82) is 0 Å². The molecule has 0 bridgehead atoms. The van der Waals surface area contributed by atoms with Gasteiger partial charge in [-0.15, -0.1) is 0 Å². The first kappa shape index (κ1) is 13.9. The van der Waals surface area contributed by atoms with Crippen LogP contribution in [0.2, 0.25) is 0 Å². The predicted molar refractivity (Wildman–Crippen MR) is 66.8 cm³/mol. The van der Waals surface area contributed by atoms with E-state index in [-0.39, 0.29) is 11.1 Å². The fraction of sp³-hybridized carbons (Fsp3) is 1.00. The van der Waals surface area contributed by atoms with Crippen molar-refractivity contribution in [3.8, 4) is 0 Å². The van der Waals surface area contributed by atoms with Gasteiger partial charge in [-0.3, -0.25) is 4.90 Å². The molecule has 0 unspecified atom stereocenters. The van der Waals surface area contributed by atoms with Crippen LogP contribution in [0.3, 0.4) is 0 Å². The van der Waals surface area contributed by atoms with E-state index in [0.717, 1.165) is 39.0 Å². The van der Waals surface area contributed by atoms with Gasteiger partial charge in [0.25, 0.3) is 0 Å². The summed E-state index contributed by atoms with van der Waals surface area (Å²) >= 11 is 0. The Morgan fingerprint density at radius 3 is 2.06 bits per heavy atom. The number of methoxy groups -OCH3 is 2. The quantitative estimate of drug-likeness (QED) is 0.738. The zero-order chi connectivity index (χ0) is 12.2. The first-order chi connectivity index (χ1) is 7.43. The second-order valence-electron chi connectivity index (χ2n) is 5.79. The molecular formula is C13H27NO2. The zero-order valence-corrected chi connectivity index (χ0v) is 11.5. The molecule has 0 N–H and O–H groups in total. The highest BCUT2D eigenvalue weighted by molar-refractivity contribution is 4.91. The largest absolute Gasteiger partial charge is 0.385 e. The summed E-state index contributed by atoms with van der Waals surface area (Å²) in [5.74, 6) is 0. The Bertz CT molecular complexity index is 202. The number of hydrogen-bond donors (Lipinski definition) is 0. The van der Waals surface area contributed by atoms with E-state index < -0.39 is 0 Å². The molecule has 1 heterocycles. The summed E-state index contributed by atoms with van der Waals surface area (Å²) in [5, 5.41) is 0. The van der Waals surface area contributed by atoms with Gasteiger partial charge in [0.1, 0.15) is 0 Å². The van der Waals surface area contributed by atoms with Gasteiger partial charge in [-0.05, 0) is 40.0 Å². The van der Waals surface area contributed by atoms with E-state index in [0.29, 0.717) is 0 Å². The normalized spacial score (nSPS) is 22.3. The molecule has 0 saturated carbocycles. The summed E-state index contributed by atoms with van der Waals surface area (Å²) in [6.07, 6.45) is 3.24. The SMILES string of the molecule is COCCC1(OC)CCN(C(C)(C)C)CC1. The van der Waals surface area contributed by atoms with E-state index in [1.807, 2.05) is 7.11 Å². The van der Waals surface area contributed by atoms with Crippen molar-refractivity contribution < 1.29 is 9.47 Å². The lowest BCUT2D eigenvalue weighted by atomic mass is 9.86. The Labute approximate surface area is 100 Å². The highest BCUT2D eigenvalue weighted by Crippen LogP contribution is 2.32. The highest BCUT2D eigenvalue weighted by atomic mass is 16.5. The standard InChI is InChI=1S/C13H27NO2/c1-12(2,3)14-9-6-13(16-5,7-10-14)8-11-15-4/h6-11H2,1-5H3. The maximum absolute atomic E-state index is 5.74. The Hall–Kier alpha value is -0.120. The van der Waals surface area contributed by atoms with Crippen LogP contribution in [-0.2, 0) is 9.47 Å². The molecule has 0 amide bonds. The third-order valence-corrected chi connectivity index (χ3v) is 3.82. The predicted octanol–water partition coefficient (Wildman–Crippen LogP) is 2.30. The topological polar surface area (TPSA) is 21.7 Å². The monoisotopic (exact) mass is 229 g/mol. The summed E-state index contributed by atoms with van der Waals surface area (Å²) in [7, 11) is 3.59. The lowest BCUT2D eigenvalue weighted by molar-refractivity contribution is -0.0849. The number of ether oxygens (including phenoxy) is 2. The summed E-state index contributed by atoms with van der Waals surface area (Å²) in [6, 6.07) is 0. The lowest BCUT2D eigenvalue weighted by Crippen LogP contribution is -2.52. The van der Waals surface area contributed by atoms with Gasteiger partial charge in [0.2, 0.25) is 0 Å². The molecule has 16 heavy (non-hydrogen) atoms. The van der Waals surface area contributed by atoms with Crippen molar-refractivity contribution >= 4 is 0 Å². The summed E-state index contributed by atoms with van der Waals surface area (Å²) < 4.78 is 10.9.